The van der Waals surface area contributed by atoms with Crippen LogP contribution in [-0.4, -0.2) is 29.4 Å². The van der Waals surface area contributed by atoms with Crippen molar-refractivity contribution in [2.75, 3.05) is 17.2 Å². The summed E-state index contributed by atoms with van der Waals surface area (Å²) in [5.74, 6) is 0.145. The van der Waals surface area contributed by atoms with Crippen molar-refractivity contribution in [1.29, 1.82) is 0 Å². The molecule has 0 aromatic heterocycles. The van der Waals surface area contributed by atoms with Gasteiger partial charge in [-0.1, -0.05) is 0 Å². The summed E-state index contributed by atoms with van der Waals surface area (Å²) in [4.78, 5) is 0.612. The van der Waals surface area contributed by atoms with E-state index in [9.17, 15) is 12.6 Å². The highest BCUT2D eigenvalue weighted by Gasteiger charge is 2.33. The van der Waals surface area contributed by atoms with Gasteiger partial charge < -0.3 is 5.73 Å². The summed E-state index contributed by atoms with van der Waals surface area (Å²) in [6.45, 7) is 0. The number of nitrogens with two attached hydrogens (primary N) is 1. The summed E-state index contributed by atoms with van der Waals surface area (Å²) in [6.07, 6.45) is 0.464. The van der Waals surface area contributed by atoms with Gasteiger partial charge in [-0.05, 0) is 40.5 Å². The Kier molecular flexibility index (Phi) is 3.61. The molecule has 0 spiro atoms. The second-order valence-corrected chi connectivity index (χ2v) is 8.80. The van der Waals surface area contributed by atoms with Crippen LogP contribution in [0.1, 0.15) is 6.42 Å². The van der Waals surface area contributed by atoms with E-state index in [1.807, 2.05) is 0 Å². The lowest BCUT2D eigenvalue weighted by Gasteiger charge is -2.10. The Labute approximate surface area is 111 Å². The van der Waals surface area contributed by atoms with Crippen molar-refractivity contribution in [3.05, 3.63) is 22.7 Å². The number of hydrogen-bond donors (Lipinski definition) is 1. The molecule has 4 nitrogen and oxygen atoms in total. The van der Waals surface area contributed by atoms with E-state index in [0.717, 1.165) is 0 Å². The average molecular weight is 338 g/mol. The Bertz CT molecular complexity index is 571. The first-order valence-electron chi connectivity index (χ1n) is 5.05. The number of rotatable bonds is 2. The van der Waals surface area contributed by atoms with Crippen LogP contribution in [0, 0.1) is 0 Å². The van der Waals surface area contributed by atoms with Crippen LogP contribution < -0.4 is 5.73 Å². The molecule has 1 aromatic carbocycles. The Morgan fingerprint density at radius 1 is 1.41 bits per heavy atom. The molecule has 1 aliphatic rings. The fourth-order valence-corrected chi connectivity index (χ4v) is 6.62. The molecule has 1 saturated heterocycles. The van der Waals surface area contributed by atoms with Crippen LogP contribution in [0.4, 0.5) is 5.69 Å². The molecule has 7 heteroatoms. The maximum atomic E-state index is 12.2. The van der Waals surface area contributed by atoms with Gasteiger partial charge in [0.1, 0.15) is 0 Å². The molecule has 1 aromatic rings. The first-order valence-corrected chi connectivity index (χ1v) is 8.88. The Hall–Kier alpha value is -0.400. The molecule has 0 amide bonds. The fraction of sp³-hybridized carbons (Fsp3) is 0.400. The van der Waals surface area contributed by atoms with E-state index < -0.39 is 20.6 Å². The summed E-state index contributed by atoms with van der Waals surface area (Å²) in [6, 6.07) is 5.03. The zero-order chi connectivity index (χ0) is 12.6. The highest BCUT2D eigenvalue weighted by atomic mass is 79.9. The van der Waals surface area contributed by atoms with Crippen molar-refractivity contribution < 1.29 is 12.6 Å². The molecule has 94 valence electrons. The first kappa shape index (κ1) is 13.0. The second-order valence-electron chi connectivity index (χ2n) is 4.01. The number of benzene rings is 1. The standard InChI is InChI=1S/C10H12BrNO3S2/c11-9-5-7(12)1-2-10(9)16(13)8-3-4-17(14,15)6-8/h1-2,5,8H,3-4,6,12H2. The van der Waals surface area contributed by atoms with Gasteiger partial charge in [0.05, 0.1) is 32.5 Å². The van der Waals surface area contributed by atoms with Crippen LogP contribution in [0.5, 0.6) is 0 Å². The van der Waals surface area contributed by atoms with Crippen LogP contribution in [0.2, 0.25) is 0 Å². The summed E-state index contributed by atoms with van der Waals surface area (Å²) >= 11 is 3.30. The molecule has 0 aliphatic carbocycles. The third-order valence-electron chi connectivity index (χ3n) is 2.67. The lowest BCUT2D eigenvalue weighted by Crippen LogP contribution is -2.17. The van der Waals surface area contributed by atoms with Gasteiger partial charge in [0.25, 0.3) is 0 Å². The van der Waals surface area contributed by atoms with Gasteiger partial charge in [-0.25, -0.2) is 8.42 Å². The van der Waals surface area contributed by atoms with Gasteiger partial charge in [0.2, 0.25) is 0 Å². The molecule has 1 aliphatic heterocycles. The van der Waals surface area contributed by atoms with Crippen molar-refractivity contribution in [2.24, 2.45) is 0 Å². The van der Waals surface area contributed by atoms with Crippen LogP contribution in [0.25, 0.3) is 0 Å². The number of sulfone groups is 1. The average Bonchev–Trinajstić information content (AvgIpc) is 2.58. The van der Waals surface area contributed by atoms with Gasteiger partial charge in [-0.15, -0.1) is 0 Å². The monoisotopic (exact) mass is 337 g/mol. The largest absolute Gasteiger partial charge is 0.399 e. The van der Waals surface area contributed by atoms with Crippen LogP contribution in [0.3, 0.4) is 0 Å². The van der Waals surface area contributed by atoms with Gasteiger partial charge in [-0.2, -0.15) is 0 Å². The van der Waals surface area contributed by atoms with Crippen molar-refractivity contribution in [3.63, 3.8) is 0 Å². The Morgan fingerprint density at radius 3 is 2.65 bits per heavy atom. The highest BCUT2D eigenvalue weighted by Crippen LogP contribution is 2.28. The van der Waals surface area contributed by atoms with Crippen molar-refractivity contribution in [1.82, 2.24) is 0 Å². The van der Waals surface area contributed by atoms with Gasteiger partial charge in [-0.3, -0.25) is 4.21 Å². The molecule has 17 heavy (non-hydrogen) atoms. The van der Waals surface area contributed by atoms with E-state index in [-0.39, 0.29) is 16.8 Å². The van der Waals surface area contributed by atoms with E-state index in [4.69, 9.17) is 5.73 Å². The maximum absolute atomic E-state index is 12.2. The Morgan fingerprint density at radius 2 is 2.12 bits per heavy atom. The number of hydrogen-bond acceptors (Lipinski definition) is 4. The van der Waals surface area contributed by atoms with Gasteiger partial charge in [0.15, 0.2) is 9.84 Å². The number of nitrogen functional groups attached to an aromatic ring is 1. The normalized spacial score (nSPS) is 24.6. The van der Waals surface area contributed by atoms with Crippen molar-refractivity contribution in [3.8, 4) is 0 Å². The predicted molar refractivity (Wildman–Crippen MR) is 72.0 cm³/mol. The molecule has 0 radical (unpaired) electrons. The molecular weight excluding hydrogens is 326 g/mol. The van der Waals surface area contributed by atoms with Gasteiger partial charge >= 0.3 is 0 Å². The minimum atomic E-state index is -3.00. The van der Waals surface area contributed by atoms with E-state index in [1.54, 1.807) is 18.2 Å². The lowest BCUT2D eigenvalue weighted by molar-refractivity contribution is 0.602. The molecule has 2 atom stereocenters. The van der Waals surface area contributed by atoms with E-state index in [2.05, 4.69) is 15.9 Å². The summed E-state index contributed by atoms with van der Waals surface area (Å²) in [5.41, 5.74) is 6.18. The second kappa shape index (κ2) is 4.70. The third kappa shape index (κ3) is 2.89. The molecule has 1 heterocycles. The molecule has 0 saturated carbocycles. The zero-order valence-corrected chi connectivity index (χ0v) is 12.1. The highest BCUT2D eigenvalue weighted by molar-refractivity contribution is 9.10. The zero-order valence-electron chi connectivity index (χ0n) is 8.93. The van der Waals surface area contributed by atoms with Crippen LogP contribution in [-0.2, 0) is 20.6 Å². The molecule has 1 fully saturated rings. The van der Waals surface area contributed by atoms with Gasteiger partial charge in [0, 0.05) is 10.2 Å². The molecule has 2 N–H and O–H groups in total. The molecule has 2 unspecified atom stereocenters. The molecule has 2 rings (SSSR count). The smallest absolute Gasteiger partial charge is 0.151 e. The molecule has 0 bridgehead atoms. The number of anilines is 1. The van der Waals surface area contributed by atoms with E-state index in [1.165, 1.54) is 0 Å². The Balaban J connectivity index is 2.27. The first-order chi connectivity index (χ1) is 7.89. The minimum absolute atomic E-state index is 0.0103. The predicted octanol–water partition coefficient (Wildman–Crippen LogP) is 1.33. The maximum Gasteiger partial charge on any atom is 0.151 e. The third-order valence-corrected chi connectivity index (χ3v) is 7.36. The molecular formula is C10H12BrNO3S2. The van der Waals surface area contributed by atoms with Crippen molar-refractivity contribution in [2.45, 2.75) is 16.6 Å². The topological polar surface area (TPSA) is 77.2 Å². The summed E-state index contributed by atoms with van der Waals surface area (Å²) in [5, 5.41) is -0.306. The lowest BCUT2D eigenvalue weighted by atomic mass is 10.3. The van der Waals surface area contributed by atoms with Crippen LogP contribution >= 0.6 is 15.9 Å². The number of halogens is 1. The fourth-order valence-electron chi connectivity index (χ4n) is 1.79. The SMILES string of the molecule is Nc1ccc(S(=O)C2CCS(=O)(=O)C2)c(Br)c1. The summed E-state index contributed by atoms with van der Waals surface area (Å²) in [7, 11) is -4.31. The quantitative estimate of drug-likeness (QED) is 0.826. The minimum Gasteiger partial charge on any atom is -0.399 e. The van der Waals surface area contributed by atoms with E-state index in [0.29, 0.717) is 21.5 Å². The van der Waals surface area contributed by atoms with Crippen LogP contribution in [0.15, 0.2) is 27.6 Å². The van der Waals surface area contributed by atoms with Crippen molar-refractivity contribution >= 4 is 42.3 Å². The summed E-state index contributed by atoms with van der Waals surface area (Å²) < 4.78 is 35.6. The van der Waals surface area contributed by atoms with E-state index >= 15 is 0 Å².